The lowest BCUT2D eigenvalue weighted by Crippen LogP contribution is -2.25. The second kappa shape index (κ2) is 4.70. The van der Waals surface area contributed by atoms with Crippen molar-refractivity contribution in [2.75, 3.05) is 5.73 Å². The van der Waals surface area contributed by atoms with Crippen molar-refractivity contribution in [1.82, 2.24) is 0 Å². The molecule has 0 saturated heterocycles. The highest BCUT2D eigenvalue weighted by atomic mass is 32.1. The molecule has 1 aliphatic carbocycles. The van der Waals surface area contributed by atoms with Crippen LogP contribution in [-0.4, -0.2) is 5.78 Å². The maximum absolute atomic E-state index is 12.6. The molecule has 2 N–H and O–H groups in total. The van der Waals surface area contributed by atoms with Gasteiger partial charge in [0.25, 0.3) is 0 Å². The Balaban J connectivity index is 2.31. The van der Waals surface area contributed by atoms with E-state index in [-0.39, 0.29) is 17.1 Å². The molecule has 0 atom stereocenters. The van der Waals surface area contributed by atoms with Gasteiger partial charge in [-0.05, 0) is 23.0 Å². The van der Waals surface area contributed by atoms with Gasteiger partial charge in [-0.15, -0.1) is 11.3 Å². The van der Waals surface area contributed by atoms with E-state index in [1.807, 2.05) is 19.9 Å². The molecule has 0 saturated carbocycles. The van der Waals surface area contributed by atoms with Gasteiger partial charge in [-0.2, -0.15) is 0 Å². The number of ketones is 1. The molecule has 2 aromatic rings. The molecule has 110 valence electrons. The molecule has 0 unspecified atom stereocenters. The molecular weight excluding hydrogens is 278 g/mol. The number of hydrogen-bond acceptors (Lipinski definition) is 3. The van der Waals surface area contributed by atoms with Crippen LogP contribution in [0.4, 0.5) is 5.00 Å². The Morgan fingerprint density at radius 2 is 1.95 bits per heavy atom. The lowest BCUT2D eigenvalue weighted by molar-refractivity contribution is 0.0941. The van der Waals surface area contributed by atoms with Crippen molar-refractivity contribution < 1.29 is 4.79 Å². The van der Waals surface area contributed by atoms with E-state index in [9.17, 15) is 4.79 Å². The minimum absolute atomic E-state index is 0.0342. The van der Waals surface area contributed by atoms with E-state index in [1.54, 1.807) is 11.3 Å². The highest BCUT2D eigenvalue weighted by Gasteiger charge is 2.36. The van der Waals surface area contributed by atoms with Crippen LogP contribution in [-0.2, 0) is 11.8 Å². The first-order valence-corrected chi connectivity index (χ1v) is 8.20. The van der Waals surface area contributed by atoms with Crippen LogP contribution in [0.25, 0.3) is 11.1 Å². The number of carbonyl (C=O) groups is 1. The number of thiophene rings is 1. The number of fused-ring (bicyclic) bond motifs is 3. The predicted octanol–water partition coefficient (Wildman–Crippen LogP) is 4.67. The van der Waals surface area contributed by atoms with Crippen LogP contribution in [0.15, 0.2) is 24.3 Å². The first-order valence-electron chi connectivity index (χ1n) is 7.38. The van der Waals surface area contributed by atoms with Gasteiger partial charge in [-0.25, -0.2) is 0 Å². The number of carbonyl (C=O) groups excluding carboxylic acids is 1. The second-order valence-electron chi connectivity index (χ2n) is 6.76. The van der Waals surface area contributed by atoms with Crippen molar-refractivity contribution in [3.63, 3.8) is 0 Å². The summed E-state index contributed by atoms with van der Waals surface area (Å²) in [7, 11) is 0. The van der Waals surface area contributed by atoms with Gasteiger partial charge in [-0.3, -0.25) is 4.79 Å². The third-order valence-corrected chi connectivity index (χ3v) is 5.33. The van der Waals surface area contributed by atoms with Crippen LogP contribution in [0.1, 0.15) is 48.5 Å². The smallest absolute Gasteiger partial charge is 0.168 e. The van der Waals surface area contributed by atoms with Gasteiger partial charge in [0.05, 0.1) is 10.6 Å². The zero-order chi connectivity index (χ0) is 15.4. The molecule has 0 amide bonds. The Labute approximate surface area is 130 Å². The molecule has 21 heavy (non-hydrogen) atoms. The van der Waals surface area contributed by atoms with Gasteiger partial charge in [0.2, 0.25) is 0 Å². The average Bonchev–Trinajstić information content (AvgIpc) is 2.73. The van der Waals surface area contributed by atoms with Gasteiger partial charge >= 0.3 is 0 Å². The van der Waals surface area contributed by atoms with Gasteiger partial charge in [-0.1, -0.05) is 52.0 Å². The van der Waals surface area contributed by atoms with E-state index < -0.39 is 0 Å². The third kappa shape index (κ3) is 2.11. The number of anilines is 1. The molecule has 3 heteroatoms. The molecule has 1 aliphatic rings. The summed E-state index contributed by atoms with van der Waals surface area (Å²) in [5.74, 6) is 0.118. The van der Waals surface area contributed by atoms with E-state index in [1.165, 1.54) is 16.0 Å². The molecular formula is C18H21NOS. The number of Topliss-reactive ketones (excluding diaryl/α,β-unsaturated/α-hetero) is 1. The fraction of sp³-hybridized carbons (Fsp3) is 0.389. The molecule has 1 aromatic heterocycles. The summed E-state index contributed by atoms with van der Waals surface area (Å²) in [5, 5.41) is 0.672. The first kappa shape index (κ1) is 14.3. The summed E-state index contributed by atoms with van der Waals surface area (Å²) >= 11 is 1.59. The van der Waals surface area contributed by atoms with E-state index >= 15 is 0 Å². The largest absolute Gasteiger partial charge is 0.390 e. The molecule has 1 aromatic carbocycles. The van der Waals surface area contributed by atoms with Crippen LogP contribution in [0.5, 0.6) is 0 Å². The summed E-state index contributed by atoms with van der Waals surface area (Å²) in [5.41, 5.74) is 10.6. The quantitative estimate of drug-likeness (QED) is 0.819. The number of rotatable bonds is 2. The zero-order valence-corrected chi connectivity index (χ0v) is 13.8. The predicted molar refractivity (Wildman–Crippen MR) is 90.1 cm³/mol. The van der Waals surface area contributed by atoms with Gasteiger partial charge < -0.3 is 5.73 Å². The summed E-state index contributed by atoms with van der Waals surface area (Å²) in [4.78, 5) is 13.8. The minimum atomic E-state index is -0.0342. The maximum Gasteiger partial charge on any atom is 0.168 e. The number of nitrogen functional groups attached to an aromatic ring is 1. The van der Waals surface area contributed by atoms with Crippen LogP contribution in [0.2, 0.25) is 0 Å². The number of benzene rings is 1. The van der Waals surface area contributed by atoms with Crippen molar-refractivity contribution >= 4 is 22.1 Å². The van der Waals surface area contributed by atoms with Crippen LogP contribution in [0, 0.1) is 5.92 Å². The zero-order valence-electron chi connectivity index (χ0n) is 13.0. The summed E-state index contributed by atoms with van der Waals surface area (Å²) in [6.45, 7) is 8.39. The van der Waals surface area contributed by atoms with E-state index in [2.05, 4.69) is 32.0 Å². The van der Waals surface area contributed by atoms with Crippen LogP contribution < -0.4 is 5.73 Å². The van der Waals surface area contributed by atoms with Crippen LogP contribution >= 0.6 is 11.3 Å². The molecule has 0 aliphatic heterocycles. The number of hydrogen-bond donors (Lipinski definition) is 1. The normalized spacial score (nSPS) is 15.7. The van der Waals surface area contributed by atoms with Crippen molar-refractivity contribution in [1.29, 1.82) is 0 Å². The Kier molecular flexibility index (Phi) is 3.21. The summed E-state index contributed by atoms with van der Waals surface area (Å²) in [6.07, 6.45) is 0.944. The van der Waals surface area contributed by atoms with Crippen molar-refractivity contribution in [2.45, 2.75) is 39.5 Å². The van der Waals surface area contributed by atoms with Crippen molar-refractivity contribution in [3.05, 3.63) is 40.3 Å². The molecule has 1 heterocycles. The monoisotopic (exact) mass is 299 g/mol. The Morgan fingerprint density at radius 1 is 1.29 bits per heavy atom. The molecule has 0 fully saturated rings. The standard InChI is InChI=1S/C18H21NOS/c1-10(2)16(20)15-14-11-7-5-6-8-12(11)18(3,4)9-13(14)21-17(15)19/h5-8,10H,9,19H2,1-4H3. The number of nitrogens with two attached hydrogens (primary N) is 1. The molecule has 0 bridgehead atoms. The second-order valence-corrected chi connectivity index (χ2v) is 7.90. The first-order chi connectivity index (χ1) is 9.83. The third-order valence-electron chi connectivity index (χ3n) is 4.31. The SMILES string of the molecule is CC(C)C(=O)c1c(N)sc2c1-c1ccccc1C(C)(C)C2. The van der Waals surface area contributed by atoms with Crippen LogP contribution in [0.3, 0.4) is 0 Å². The van der Waals surface area contributed by atoms with E-state index in [0.29, 0.717) is 5.00 Å². The van der Waals surface area contributed by atoms with E-state index in [4.69, 9.17) is 5.73 Å². The lowest BCUT2D eigenvalue weighted by Gasteiger charge is -2.32. The molecule has 2 nitrogen and oxygen atoms in total. The Morgan fingerprint density at radius 3 is 2.62 bits per heavy atom. The lowest BCUT2D eigenvalue weighted by atomic mass is 9.72. The fourth-order valence-corrected chi connectivity index (χ4v) is 4.55. The molecule has 0 radical (unpaired) electrons. The van der Waals surface area contributed by atoms with Gasteiger partial charge in [0.15, 0.2) is 5.78 Å². The molecule has 0 spiro atoms. The van der Waals surface area contributed by atoms with E-state index in [0.717, 1.165) is 17.5 Å². The van der Waals surface area contributed by atoms with Crippen molar-refractivity contribution in [2.24, 2.45) is 5.92 Å². The topological polar surface area (TPSA) is 43.1 Å². The highest BCUT2D eigenvalue weighted by molar-refractivity contribution is 7.17. The minimum Gasteiger partial charge on any atom is -0.390 e. The molecule has 3 rings (SSSR count). The summed E-state index contributed by atoms with van der Waals surface area (Å²) < 4.78 is 0. The van der Waals surface area contributed by atoms with Gasteiger partial charge in [0, 0.05) is 16.4 Å². The fourth-order valence-electron chi connectivity index (χ4n) is 3.23. The Bertz CT molecular complexity index is 725. The highest BCUT2D eigenvalue weighted by Crippen LogP contribution is 2.49. The van der Waals surface area contributed by atoms with Crippen molar-refractivity contribution in [3.8, 4) is 11.1 Å². The maximum atomic E-state index is 12.6. The Hall–Kier alpha value is -1.61. The van der Waals surface area contributed by atoms with Gasteiger partial charge in [0.1, 0.15) is 0 Å². The summed E-state index contributed by atoms with van der Waals surface area (Å²) in [6, 6.07) is 8.42. The average molecular weight is 299 g/mol.